The van der Waals surface area contributed by atoms with Gasteiger partial charge in [-0.25, -0.2) is 9.78 Å². The predicted molar refractivity (Wildman–Crippen MR) is 131 cm³/mol. The van der Waals surface area contributed by atoms with E-state index in [1.807, 2.05) is 28.8 Å². The Morgan fingerprint density at radius 1 is 1.17 bits per heavy atom. The summed E-state index contributed by atoms with van der Waals surface area (Å²) in [5.41, 5.74) is 0.0825. The number of rotatable bonds is 8. The molecule has 1 atom stereocenters. The van der Waals surface area contributed by atoms with E-state index >= 15 is 0 Å². The van der Waals surface area contributed by atoms with Gasteiger partial charge >= 0.3 is 5.69 Å². The van der Waals surface area contributed by atoms with E-state index in [-0.39, 0.29) is 17.4 Å². The van der Waals surface area contributed by atoms with E-state index in [1.54, 1.807) is 24.7 Å². The lowest BCUT2D eigenvalue weighted by Gasteiger charge is -2.26. The van der Waals surface area contributed by atoms with Crippen LogP contribution in [0.25, 0.3) is 11.2 Å². The predicted octanol–water partition coefficient (Wildman–Crippen LogP) is 1.91. The van der Waals surface area contributed by atoms with Crippen LogP contribution in [0.5, 0.6) is 11.5 Å². The molecule has 4 aromatic rings. The number of hydrogen-bond acceptors (Lipinski definition) is 8. The third-order valence-electron chi connectivity index (χ3n) is 5.81. The van der Waals surface area contributed by atoms with E-state index in [4.69, 9.17) is 9.47 Å². The number of benzene rings is 1. The SMILES string of the molecule is C=CCn1c(SCCCn2c(=O)c3c(ncn3C)n(C)c2=O)nnc1[C@@H]1COc2ccccc2O1. The second-order valence-electron chi connectivity index (χ2n) is 8.13. The Kier molecular flexibility index (Phi) is 6.20. The van der Waals surface area contributed by atoms with E-state index in [1.165, 1.54) is 27.2 Å². The number of allylic oxidation sites excluding steroid dienone is 1. The summed E-state index contributed by atoms with van der Waals surface area (Å²) in [6.07, 6.45) is 3.52. The fourth-order valence-corrected chi connectivity index (χ4v) is 4.95. The van der Waals surface area contributed by atoms with Gasteiger partial charge in [-0.3, -0.25) is 18.5 Å². The van der Waals surface area contributed by atoms with Gasteiger partial charge in [-0.2, -0.15) is 0 Å². The fourth-order valence-electron chi connectivity index (χ4n) is 4.07. The van der Waals surface area contributed by atoms with E-state index in [2.05, 4.69) is 21.8 Å². The first-order valence-corrected chi connectivity index (χ1v) is 12.1. The lowest BCUT2D eigenvalue weighted by Crippen LogP contribution is -2.39. The summed E-state index contributed by atoms with van der Waals surface area (Å²) in [5.74, 6) is 2.68. The van der Waals surface area contributed by atoms with Crippen molar-refractivity contribution in [3.63, 3.8) is 0 Å². The monoisotopic (exact) mass is 495 g/mol. The maximum Gasteiger partial charge on any atom is 0.332 e. The van der Waals surface area contributed by atoms with Crippen molar-refractivity contribution in [2.45, 2.75) is 30.8 Å². The Hall–Kier alpha value is -3.80. The second-order valence-corrected chi connectivity index (χ2v) is 9.19. The van der Waals surface area contributed by atoms with Crippen molar-refractivity contribution in [1.29, 1.82) is 0 Å². The molecular formula is C23H25N7O4S. The normalized spacial score (nSPS) is 15.0. The molecule has 5 rings (SSSR count). The quantitative estimate of drug-likeness (QED) is 0.207. The van der Waals surface area contributed by atoms with Crippen LogP contribution in [0.15, 0.2) is 58.0 Å². The van der Waals surface area contributed by atoms with Gasteiger partial charge in [0.15, 0.2) is 39.7 Å². The Balaban J connectivity index is 1.29. The summed E-state index contributed by atoms with van der Waals surface area (Å²) in [7, 11) is 3.36. The maximum atomic E-state index is 12.9. The summed E-state index contributed by atoms with van der Waals surface area (Å²) in [4.78, 5) is 29.7. The molecule has 0 saturated carbocycles. The number of thioether (sulfide) groups is 1. The van der Waals surface area contributed by atoms with Gasteiger partial charge in [0.05, 0.1) is 6.33 Å². The average Bonchev–Trinajstić information content (AvgIpc) is 3.45. The largest absolute Gasteiger partial charge is 0.485 e. The molecule has 0 unspecified atom stereocenters. The molecule has 1 aliphatic heterocycles. The number of fused-ring (bicyclic) bond motifs is 2. The number of aryl methyl sites for hydroxylation is 2. The summed E-state index contributed by atoms with van der Waals surface area (Å²) < 4.78 is 18.2. The highest BCUT2D eigenvalue weighted by Gasteiger charge is 2.28. The molecule has 0 radical (unpaired) electrons. The molecule has 12 heteroatoms. The minimum Gasteiger partial charge on any atom is -0.485 e. The molecule has 0 bridgehead atoms. The standard InChI is InChI=1S/C23H25N7O4S/c1-4-10-29-19(17-13-33-15-8-5-6-9-16(15)34-17)25-26-22(29)35-12-7-11-30-21(31)18-20(24-14-27(18)2)28(3)23(30)32/h4-6,8-9,14,17H,1,7,10-13H2,2-3H3/t17-/m0/s1. The Morgan fingerprint density at radius 3 is 2.77 bits per heavy atom. The molecule has 1 aliphatic rings. The van der Waals surface area contributed by atoms with Crippen molar-refractivity contribution >= 4 is 22.9 Å². The first-order chi connectivity index (χ1) is 17.0. The summed E-state index contributed by atoms with van der Waals surface area (Å²) >= 11 is 1.50. The molecule has 0 aliphatic carbocycles. The number of para-hydroxylation sites is 2. The van der Waals surface area contributed by atoms with E-state index in [0.717, 1.165) is 0 Å². The van der Waals surface area contributed by atoms with Crippen molar-refractivity contribution in [1.82, 2.24) is 33.4 Å². The molecule has 182 valence electrons. The number of ether oxygens (including phenoxy) is 2. The van der Waals surface area contributed by atoms with Crippen LogP contribution in [0.4, 0.5) is 0 Å². The van der Waals surface area contributed by atoms with Crippen LogP contribution in [0.3, 0.4) is 0 Å². The van der Waals surface area contributed by atoms with Gasteiger partial charge in [0, 0.05) is 32.9 Å². The van der Waals surface area contributed by atoms with Gasteiger partial charge in [0.2, 0.25) is 0 Å². The molecule has 0 saturated heterocycles. The first-order valence-electron chi connectivity index (χ1n) is 11.2. The molecular weight excluding hydrogens is 470 g/mol. The van der Waals surface area contributed by atoms with Crippen LogP contribution in [-0.4, -0.2) is 45.8 Å². The Morgan fingerprint density at radius 2 is 1.97 bits per heavy atom. The zero-order chi connectivity index (χ0) is 24.5. The molecule has 11 nitrogen and oxygen atoms in total. The van der Waals surface area contributed by atoms with Crippen LogP contribution in [-0.2, 0) is 27.2 Å². The summed E-state index contributed by atoms with van der Waals surface area (Å²) in [6, 6.07) is 7.52. The Labute approximate surface area is 204 Å². The highest BCUT2D eigenvalue weighted by atomic mass is 32.2. The van der Waals surface area contributed by atoms with Crippen molar-refractivity contribution < 1.29 is 9.47 Å². The van der Waals surface area contributed by atoms with Crippen LogP contribution in [0.2, 0.25) is 0 Å². The lowest BCUT2D eigenvalue weighted by molar-refractivity contribution is 0.0821. The van der Waals surface area contributed by atoms with Gasteiger partial charge in [0.1, 0.15) is 6.61 Å². The highest BCUT2D eigenvalue weighted by Crippen LogP contribution is 2.36. The average molecular weight is 496 g/mol. The molecule has 0 N–H and O–H groups in total. The van der Waals surface area contributed by atoms with Crippen LogP contribution < -0.4 is 20.7 Å². The second kappa shape index (κ2) is 9.45. The number of imidazole rings is 1. The molecule has 4 heterocycles. The van der Waals surface area contributed by atoms with Gasteiger partial charge < -0.3 is 14.0 Å². The zero-order valence-corrected chi connectivity index (χ0v) is 20.3. The van der Waals surface area contributed by atoms with Gasteiger partial charge in [-0.1, -0.05) is 30.0 Å². The van der Waals surface area contributed by atoms with Crippen LogP contribution in [0.1, 0.15) is 18.3 Å². The molecule has 1 aromatic carbocycles. The topological polar surface area (TPSA) is 111 Å². The fraction of sp³-hybridized carbons (Fsp3) is 0.348. The molecule has 35 heavy (non-hydrogen) atoms. The highest BCUT2D eigenvalue weighted by molar-refractivity contribution is 7.99. The van der Waals surface area contributed by atoms with Gasteiger partial charge in [0.25, 0.3) is 5.56 Å². The van der Waals surface area contributed by atoms with Crippen molar-refractivity contribution in [2.75, 3.05) is 12.4 Å². The lowest BCUT2D eigenvalue weighted by atomic mass is 10.2. The van der Waals surface area contributed by atoms with Gasteiger partial charge in [-0.05, 0) is 18.6 Å². The number of aromatic nitrogens is 7. The van der Waals surface area contributed by atoms with Crippen molar-refractivity contribution in [2.24, 2.45) is 14.1 Å². The van der Waals surface area contributed by atoms with Gasteiger partial charge in [-0.15, -0.1) is 16.8 Å². The van der Waals surface area contributed by atoms with Crippen LogP contribution in [0, 0.1) is 0 Å². The molecule has 0 amide bonds. The minimum absolute atomic E-state index is 0.290. The summed E-state index contributed by atoms with van der Waals surface area (Å²) in [6.45, 7) is 4.99. The van der Waals surface area contributed by atoms with E-state index in [9.17, 15) is 9.59 Å². The first kappa shape index (κ1) is 23.0. The van der Waals surface area contributed by atoms with Crippen LogP contribution >= 0.6 is 11.8 Å². The third kappa shape index (κ3) is 4.14. The smallest absolute Gasteiger partial charge is 0.332 e. The number of hydrogen-bond donors (Lipinski definition) is 0. The zero-order valence-electron chi connectivity index (χ0n) is 19.5. The Bertz CT molecular complexity index is 1520. The van der Waals surface area contributed by atoms with E-state index in [0.29, 0.717) is 65.5 Å². The molecule has 0 fully saturated rings. The third-order valence-corrected chi connectivity index (χ3v) is 6.86. The van der Waals surface area contributed by atoms with Crippen molar-refractivity contribution in [3.8, 4) is 11.5 Å². The molecule has 0 spiro atoms. The number of nitrogens with zero attached hydrogens (tertiary/aromatic N) is 7. The van der Waals surface area contributed by atoms with Crippen molar-refractivity contribution in [3.05, 3.63) is 69.9 Å². The maximum absolute atomic E-state index is 12.9. The molecule has 3 aromatic heterocycles. The minimum atomic E-state index is -0.390. The van der Waals surface area contributed by atoms with E-state index < -0.39 is 0 Å². The summed E-state index contributed by atoms with van der Waals surface area (Å²) in [5, 5.41) is 9.43.